The molecule has 1 atom stereocenters. The summed E-state index contributed by atoms with van der Waals surface area (Å²) in [5.41, 5.74) is 7.35. The number of amides is 1. The topological polar surface area (TPSA) is 81.3 Å². The average molecular weight is 442 g/mol. The van der Waals surface area contributed by atoms with E-state index in [2.05, 4.69) is 9.97 Å². The molecule has 1 aromatic carbocycles. The van der Waals surface area contributed by atoms with Crippen LogP contribution in [0.1, 0.15) is 38.8 Å². The number of aromatic nitrogens is 2. The van der Waals surface area contributed by atoms with Crippen LogP contribution in [0.3, 0.4) is 0 Å². The molecule has 0 spiro atoms. The van der Waals surface area contributed by atoms with E-state index in [4.69, 9.17) is 10.5 Å². The van der Waals surface area contributed by atoms with Crippen molar-refractivity contribution in [2.45, 2.75) is 18.7 Å². The summed E-state index contributed by atoms with van der Waals surface area (Å²) >= 11 is 0. The lowest BCUT2D eigenvalue weighted by Crippen LogP contribution is -2.42. The molecular formula is C23H21F3N4O2. The van der Waals surface area contributed by atoms with Crippen LogP contribution in [-0.4, -0.2) is 40.5 Å². The lowest BCUT2D eigenvalue weighted by atomic mass is 10.0. The van der Waals surface area contributed by atoms with Crippen molar-refractivity contribution in [2.75, 3.05) is 25.4 Å². The summed E-state index contributed by atoms with van der Waals surface area (Å²) in [6, 6.07) is 12.1. The van der Waals surface area contributed by atoms with Crippen LogP contribution in [0.2, 0.25) is 0 Å². The number of hydrogen-bond acceptors (Lipinski definition) is 5. The van der Waals surface area contributed by atoms with Gasteiger partial charge in [-0.15, -0.1) is 0 Å². The third kappa shape index (κ3) is 5.05. The standard InChI is InChI=1S/C23H21F3N4O2/c24-23(25,26)18-3-1-2-15(11-18)10-16-4-6-19(28-12-16)20-14-30(8-9-32-20)22(31)17-5-7-21(27)29-13-17/h1-7,11-13,20H,8-10,14H2,(H2,27,29)/t20-/m0/s1. The van der Waals surface area contributed by atoms with Gasteiger partial charge >= 0.3 is 6.18 Å². The van der Waals surface area contributed by atoms with E-state index in [-0.39, 0.29) is 5.91 Å². The zero-order valence-electron chi connectivity index (χ0n) is 17.0. The van der Waals surface area contributed by atoms with Gasteiger partial charge in [-0.25, -0.2) is 4.98 Å². The van der Waals surface area contributed by atoms with Crippen LogP contribution in [0.15, 0.2) is 60.9 Å². The van der Waals surface area contributed by atoms with Crippen molar-refractivity contribution in [1.29, 1.82) is 0 Å². The van der Waals surface area contributed by atoms with Crippen molar-refractivity contribution in [1.82, 2.24) is 14.9 Å². The van der Waals surface area contributed by atoms with Gasteiger partial charge in [-0.3, -0.25) is 9.78 Å². The summed E-state index contributed by atoms with van der Waals surface area (Å²) in [4.78, 5) is 22.8. The number of pyridine rings is 2. The van der Waals surface area contributed by atoms with Gasteiger partial charge in [0.25, 0.3) is 5.91 Å². The zero-order valence-corrected chi connectivity index (χ0v) is 17.0. The average Bonchev–Trinajstić information content (AvgIpc) is 2.79. The molecule has 32 heavy (non-hydrogen) atoms. The SMILES string of the molecule is Nc1ccc(C(=O)N2CCO[C@H](c3ccc(Cc4cccc(C(F)(F)F)c4)cn3)C2)cn1. The van der Waals surface area contributed by atoms with E-state index in [0.29, 0.717) is 48.8 Å². The third-order valence-corrected chi connectivity index (χ3v) is 5.23. The van der Waals surface area contributed by atoms with Gasteiger partial charge in [0.05, 0.1) is 30.0 Å². The molecule has 1 aliphatic heterocycles. The van der Waals surface area contributed by atoms with Crippen molar-refractivity contribution >= 4 is 11.7 Å². The Bertz CT molecular complexity index is 1090. The lowest BCUT2D eigenvalue weighted by Gasteiger charge is -2.32. The van der Waals surface area contributed by atoms with E-state index < -0.39 is 17.8 Å². The van der Waals surface area contributed by atoms with Gasteiger partial charge in [0, 0.05) is 18.9 Å². The maximum absolute atomic E-state index is 12.9. The normalized spacial score (nSPS) is 16.7. The molecule has 9 heteroatoms. The minimum Gasteiger partial charge on any atom is -0.384 e. The highest BCUT2D eigenvalue weighted by Gasteiger charge is 2.30. The molecule has 1 saturated heterocycles. The number of carbonyl (C=O) groups excluding carboxylic acids is 1. The molecule has 0 aliphatic carbocycles. The smallest absolute Gasteiger partial charge is 0.384 e. The highest BCUT2D eigenvalue weighted by molar-refractivity contribution is 5.94. The van der Waals surface area contributed by atoms with Crippen LogP contribution in [0.4, 0.5) is 19.0 Å². The summed E-state index contributed by atoms with van der Waals surface area (Å²) in [7, 11) is 0. The largest absolute Gasteiger partial charge is 0.416 e. The Morgan fingerprint density at radius 3 is 2.62 bits per heavy atom. The molecule has 3 aromatic rings. The van der Waals surface area contributed by atoms with Crippen molar-refractivity contribution in [3.63, 3.8) is 0 Å². The highest BCUT2D eigenvalue weighted by Crippen LogP contribution is 2.30. The number of rotatable bonds is 4. The quantitative estimate of drug-likeness (QED) is 0.663. The van der Waals surface area contributed by atoms with Crippen molar-refractivity contribution in [3.8, 4) is 0 Å². The molecule has 0 radical (unpaired) electrons. The number of ether oxygens (including phenoxy) is 1. The molecule has 0 unspecified atom stereocenters. The van der Waals surface area contributed by atoms with Crippen LogP contribution in [0, 0.1) is 0 Å². The molecule has 0 bridgehead atoms. The first-order chi connectivity index (χ1) is 15.3. The molecule has 166 valence electrons. The molecule has 4 rings (SSSR count). The number of anilines is 1. The summed E-state index contributed by atoms with van der Waals surface area (Å²) < 4.78 is 44.5. The van der Waals surface area contributed by atoms with Crippen LogP contribution >= 0.6 is 0 Å². The monoisotopic (exact) mass is 442 g/mol. The van der Waals surface area contributed by atoms with Gasteiger partial charge in [0.15, 0.2) is 0 Å². The van der Waals surface area contributed by atoms with Gasteiger partial charge < -0.3 is 15.4 Å². The number of nitrogens with two attached hydrogens (primary N) is 1. The van der Waals surface area contributed by atoms with E-state index in [1.54, 1.807) is 35.4 Å². The first-order valence-electron chi connectivity index (χ1n) is 10.0. The number of alkyl halides is 3. The fraction of sp³-hybridized carbons (Fsp3) is 0.261. The first-order valence-corrected chi connectivity index (χ1v) is 10.0. The Hall–Kier alpha value is -3.46. The summed E-state index contributed by atoms with van der Waals surface area (Å²) in [5, 5.41) is 0. The van der Waals surface area contributed by atoms with Crippen molar-refractivity contribution < 1.29 is 22.7 Å². The maximum Gasteiger partial charge on any atom is 0.416 e. The van der Waals surface area contributed by atoms with Gasteiger partial charge in [0.2, 0.25) is 0 Å². The van der Waals surface area contributed by atoms with Crippen LogP contribution in [0.5, 0.6) is 0 Å². The van der Waals surface area contributed by atoms with E-state index >= 15 is 0 Å². The van der Waals surface area contributed by atoms with Crippen LogP contribution < -0.4 is 5.73 Å². The van der Waals surface area contributed by atoms with Crippen LogP contribution in [-0.2, 0) is 17.3 Å². The lowest BCUT2D eigenvalue weighted by molar-refractivity contribution is -0.137. The molecule has 6 nitrogen and oxygen atoms in total. The van der Waals surface area contributed by atoms with Crippen molar-refractivity contribution in [3.05, 3.63) is 88.9 Å². The Labute approximate surface area is 182 Å². The Morgan fingerprint density at radius 1 is 1.09 bits per heavy atom. The molecular weight excluding hydrogens is 421 g/mol. The molecule has 1 fully saturated rings. The first kappa shape index (κ1) is 21.8. The Kier molecular flexibility index (Phi) is 6.09. The maximum atomic E-state index is 12.9. The van der Waals surface area contributed by atoms with Gasteiger partial charge in [0.1, 0.15) is 11.9 Å². The Morgan fingerprint density at radius 2 is 1.94 bits per heavy atom. The fourth-order valence-corrected chi connectivity index (χ4v) is 3.55. The molecule has 2 N–H and O–H groups in total. The predicted octanol–water partition coefficient (Wildman–Crippen LogP) is 3.88. The Balaban J connectivity index is 1.42. The van der Waals surface area contributed by atoms with Gasteiger partial charge in [-0.2, -0.15) is 13.2 Å². The summed E-state index contributed by atoms with van der Waals surface area (Å²) in [5.74, 6) is 0.183. The predicted molar refractivity (Wildman–Crippen MR) is 112 cm³/mol. The fourth-order valence-electron chi connectivity index (χ4n) is 3.55. The number of carbonyl (C=O) groups is 1. The molecule has 0 saturated carbocycles. The number of nitrogens with zero attached hydrogens (tertiary/aromatic N) is 3. The summed E-state index contributed by atoms with van der Waals surface area (Å²) in [6.07, 6.45) is -1.36. The van der Waals surface area contributed by atoms with E-state index in [1.807, 2.05) is 6.07 Å². The second-order valence-electron chi connectivity index (χ2n) is 7.55. The molecule has 2 aromatic heterocycles. The molecule has 3 heterocycles. The van der Waals surface area contributed by atoms with E-state index in [9.17, 15) is 18.0 Å². The summed E-state index contributed by atoms with van der Waals surface area (Å²) in [6.45, 7) is 1.16. The minimum absolute atomic E-state index is 0.160. The number of nitrogen functional groups attached to an aromatic ring is 1. The van der Waals surface area contributed by atoms with Gasteiger partial charge in [-0.05, 0) is 41.8 Å². The highest BCUT2D eigenvalue weighted by atomic mass is 19.4. The third-order valence-electron chi connectivity index (χ3n) is 5.23. The van der Waals surface area contributed by atoms with E-state index in [0.717, 1.165) is 17.7 Å². The second-order valence-corrected chi connectivity index (χ2v) is 7.55. The molecule has 1 amide bonds. The second kappa shape index (κ2) is 8.96. The zero-order chi connectivity index (χ0) is 22.7. The number of morpholine rings is 1. The number of benzene rings is 1. The van der Waals surface area contributed by atoms with Gasteiger partial charge in [-0.1, -0.05) is 24.3 Å². The number of hydrogen-bond donors (Lipinski definition) is 1. The number of halogens is 3. The minimum atomic E-state index is -4.37. The molecule has 1 aliphatic rings. The van der Waals surface area contributed by atoms with E-state index in [1.165, 1.54) is 12.3 Å². The van der Waals surface area contributed by atoms with Crippen LogP contribution in [0.25, 0.3) is 0 Å². The van der Waals surface area contributed by atoms with Crippen molar-refractivity contribution in [2.24, 2.45) is 0 Å².